The number of benzene rings is 1. The molecule has 0 radical (unpaired) electrons. The van der Waals surface area contributed by atoms with Crippen molar-refractivity contribution in [1.82, 2.24) is 14.9 Å². The van der Waals surface area contributed by atoms with Crippen molar-refractivity contribution in [3.05, 3.63) is 58.2 Å². The summed E-state index contributed by atoms with van der Waals surface area (Å²) in [6, 6.07) is 6.55. The topological polar surface area (TPSA) is 73.0 Å². The van der Waals surface area contributed by atoms with Gasteiger partial charge in [-0.15, -0.1) is 0 Å². The van der Waals surface area contributed by atoms with E-state index in [0.717, 1.165) is 17.8 Å². The molecule has 18 heavy (non-hydrogen) atoms. The van der Waals surface area contributed by atoms with Crippen LogP contribution in [0.15, 0.2) is 36.8 Å². The number of imidazole rings is 1. The van der Waals surface area contributed by atoms with Gasteiger partial charge in [0.15, 0.2) is 0 Å². The molecule has 1 heterocycles. The number of aromatic nitrogens is 2. The molecule has 2 rings (SSSR count). The van der Waals surface area contributed by atoms with Gasteiger partial charge in [0, 0.05) is 31.4 Å². The molecule has 0 unspecified atom stereocenters. The fourth-order valence-corrected chi connectivity index (χ4v) is 1.70. The van der Waals surface area contributed by atoms with Crippen molar-refractivity contribution in [3.8, 4) is 0 Å². The minimum absolute atomic E-state index is 0.111. The predicted octanol–water partition coefficient (Wildman–Crippen LogP) is 1.56. The molecular formula is C12H14N4O2. The second-order valence-electron chi connectivity index (χ2n) is 3.99. The maximum Gasteiger partial charge on any atom is 0.269 e. The lowest BCUT2D eigenvalue weighted by Crippen LogP contribution is -2.05. The van der Waals surface area contributed by atoms with Gasteiger partial charge in [-0.05, 0) is 12.6 Å². The van der Waals surface area contributed by atoms with Gasteiger partial charge in [0.1, 0.15) is 0 Å². The quantitative estimate of drug-likeness (QED) is 0.641. The first-order valence-electron chi connectivity index (χ1n) is 5.57. The molecule has 0 spiro atoms. The van der Waals surface area contributed by atoms with Gasteiger partial charge >= 0.3 is 0 Å². The van der Waals surface area contributed by atoms with Crippen molar-refractivity contribution in [1.29, 1.82) is 0 Å². The molecule has 6 heteroatoms. The van der Waals surface area contributed by atoms with Crippen molar-refractivity contribution >= 4 is 5.69 Å². The number of nitro benzene ring substituents is 1. The Morgan fingerprint density at radius 2 is 2.11 bits per heavy atom. The fourth-order valence-electron chi connectivity index (χ4n) is 1.70. The number of nitro groups is 1. The molecule has 0 saturated heterocycles. The van der Waals surface area contributed by atoms with Crippen LogP contribution >= 0.6 is 0 Å². The minimum Gasteiger partial charge on any atom is -0.333 e. The average molecular weight is 246 g/mol. The van der Waals surface area contributed by atoms with E-state index in [9.17, 15) is 10.1 Å². The molecule has 94 valence electrons. The van der Waals surface area contributed by atoms with E-state index in [-0.39, 0.29) is 5.69 Å². The highest BCUT2D eigenvalue weighted by molar-refractivity contribution is 5.32. The Kier molecular flexibility index (Phi) is 3.69. The number of non-ortho nitro benzene ring substituents is 1. The van der Waals surface area contributed by atoms with E-state index in [1.807, 2.05) is 17.8 Å². The monoisotopic (exact) mass is 246 g/mol. The zero-order valence-corrected chi connectivity index (χ0v) is 10.0. The second-order valence-corrected chi connectivity index (χ2v) is 3.99. The summed E-state index contributed by atoms with van der Waals surface area (Å²) in [5.41, 5.74) is 2.09. The van der Waals surface area contributed by atoms with Crippen LogP contribution in [0.3, 0.4) is 0 Å². The summed E-state index contributed by atoms with van der Waals surface area (Å²) in [4.78, 5) is 14.4. The molecule has 0 aliphatic rings. The molecule has 1 aromatic carbocycles. The van der Waals surface area contributed by atoms with Gasteiger partial charge in [-0.2, -0.15) is 0 Å². The highest BCUT2D eigenvalue weighted by Crippen LogP contribution is 2.13. The average Bonchev–Trinajstić information content (AvgIpc) is 2.78. The summed E-state index contributed by atoms with van der Waals surface area (Å²) in [6.45, 7) is 1.39. The van der Waals surface area contributed by atoms with Crippen LogP contribution < -0.4 is 5.32 Å². The molecule has 0 bridgehead atoms. The largest absolute Gasteiger partial charge is 0.333 e. The third kappa shape index (κ3) is 2.92. The Morgan fingerprint density at radius 1 is 1.39 bits per heavy atom. The predicted molar refractivity (Wildman–Crippen MR) is 67.2 cm³/mol. The van der Waals surface area contributed by atoms with E-state index >= 15 is 0 Å². The first-order chi connectivity index (χ1) is 8.69. The van der Waals surface area contributed by atoms with E-state index < -0.39 is 4.92 Å². The minimum atomic E-state index is -0.397. The van der Waals surface area contributed by atoms with Gasteiger partial charge in [-0.3, -0.25) is 10.1 Å². The molecule has 0 aliphatic heterocycles. The molecule has 0 saturated carbocycles. The zero-order valence-electron chi connectivity index (χ0n) is 10.0. The summed E-state index contributed by atoms with van der Waals surface area (Å²) < 4.78 is 1.95. The third-order valence-corrected chi connectivity index (χ3v) is 2.56. The highest BCUT2D eigenvalue weighted by atomic mass is 16.6. The Hall–Kier alpha value is -2.21. The second kappa shape index (κ2) is 5.42. The van der Waals surface area contributed by atoms with E-state index in [0.29, 0.717) is 6.54 Å². The van der Waals surface area contributed by atoms with Gasteiger partial charge < -0.3 is 9.88 Å². The van der Waals surface area contributed by atoms with Crippen LogP contribution in [-0.4, -0.2) is 21.5 Å². The van der Waals surface area contributed by atoms with Crippen molar-refractivity contribution in [2.45, 2.75) is 13.1 Å². The van der Waals surface area contributed by atoms with Gasteiger partial charge in [0.05, 0.1) is 16.9 Å². The number of nitrogens with one attached hydrogen (secondary N) is 1. The lowest BCUT2D eigenvalue weighted by molar-refractivity contribution is -0.384. The molecule has 6 nitrogen and oxygen atoms in total. The summed E-state index contributed by atoms with van der Waals surface area (Å²) in [6.07, 6.45) is 3.71. The Morgan fingerprint density at radius 3 is 2.72 bits per heavy atom. The normalized spacial score (nSPS) is 10.5. The zero-order chi connectivity index (χ0) is 13.0. The van der Waals surface area contributed by atoms with Gasteiger partial charge in [0.2, 0.25) is 0 Å². The number of rotatable bonds is 5. The Bertz CT molecular complexity index is 533. The molecule has 0 aliphatic carbocycles. The fraction of sp³-hybridized carbons (Fsp3) is 0.250. The lowest BCUT2D eigenvalue weighted by atomic mass is 10.2. The Balaban J connectivity index is 2.06. The molecular weight excluding hydrogens is 232 g/mol. The summed E-state index contributed by atoms with van der Waals surface area (Å²) in [7, 11) is 1.87. The molecule has 0 atom stereocenters. The smallest absolute Gasteiger partial charge is 0.269 e. The molecule has 2 aromatic rings. The summed E-state index contributed by atoms with van der Waals surface area (Å²) in [5.74, 6) is 0. The van der Waals surface area contributed by atoms with Crippen LogP contribution in [-0.2, 0) is 13.1 Å². The van der Waals surface area contributed by atoms with Crippen LogP contribution in [0.2, 0.25) is 0 Å². The highest BCUT2D eigenvalue weighted by Gasteiger charge is 2.04. The lowest BCUT2D eigenvalue weighted by Gasteiger charge is -2.01. The van der Waals surface area contributed by atoms with E-state index in [1.54, 1.807) is 18.5 Å². The first-order valence-corrected chi connectivity index (χ1v) is 5.57. The third-order valence-electron chi connectivity index (χ3n) is 2.56. The number of hydrogen-bond acceptors (Lipinski definition) is 4. The standard InChI is InChI=1S/C12H14N4O2/c1-13-6-11-8-15(9-14-11)7-10-2-4-12(5-3-10)16(17)18/h2-5,8-9,13H,6-7H2,1H3. The number of hydrogen-bond donors (Lipinski definition) is 1. The SMILES string of the molecule is CNCc1cn(Cc2ccc([N+](=O)[O-])cc2)cn1. The van der Waals surface area contributed by atoms with Crippen LogP contribution in [0, 0.1) is 10.1 Å². The van der Waals surface area contributed by atoms with Crippen LogP contribution in [0.1, 0.15) is 11.3 Å². The van der Waals surface area contributed by atoms with Gasteiger partial charge in [0.25, 0.3) is 5.69 Å². The Labute approximate surface area is 104 Å². The first kappa shape index (κ1) is 12.3. The van der Waals surface area contributed by atoms with Gasteiger partial charge in [-0.25, -0.2) is 4.98 Å². The van der Waals surface area contributed by atoms with Crippen molar-refractivity contribution in [3.63, 3.8) is 0 Å². The van der Waals surface area contributed by atoms with Gasteiger partial charge in [-0.1, -0.05) is 12.1 Å². The van der Waals surface area contributed by atoms with E-state index in [1.165, 1.54) is 12.1 Å². The van der Waals surface area contributed by atoms with E-state index in [4.69, 9.17) is 0 Å². The van der Waals surface area contributed by atoms with Crippen molar-refractivity contribution in [2.75, 3.05) is 7.05 Å². The maximum absolute atomic E-state index is 10.5. The molecule has 0 amide bonds. The maximum atomic E-state index is 10.5. The molecule has 0 fully saturated rings. The number of nitrogens with zero attached hydrogens (tertiary/aromatic N) is 3. The molecule has 1 aromatic heterocycles. The van der Waals surface area contributed by atoms with E-state index in [2.05, 4.69) is 10.3 Å². The summed E-state index contributed by atoms with van der Waals surface area (Å²) in [5, 5.41) is 13.6. The van der Waals surface area contributed by atoms with Crippen LogP contribution in [0.4, 0.5) is 5.69 Å². The molecule has 1 N–H and O–H groups in total. The summed E-state index contributed by atoms with van der Waals surface area (Å²) >= 11 is 0. The van der Waals surface area contributed by atoms with Crippen molar-refractivity contribution < 1.29 is 4.92 Å². The van der Waals surface area contributed by atoms with Crippen LogP contribution in [0.5, 0.6) is 0 Å². The van der Waals surface area contributed by atoms with Crippen molar-refractivity contribution in [2.24, 2.45) is 0 Å². The van der Waals surface area contributed by atoms with Crippen LogP contribution in [0.25, 0.3) is 0 Å².